The van der Waals surface area contributed by atoms with E-state index in [1.807, 2.05) is 0 Å². The molecule has 154 valence electrons. The zero-order valence-corrected chi connectivity index (χ0v) is 18.7. The Morgan fingerprint density at radius 1 is 1.17 bits per heavy atom. The van der Waals surface area contributed by atoms with Gasteiger partial charge in [-0.3, -0.25) is 10.1 Å². The Balaban J connectivity index is 1.63. The Hall–Kier alpha value is -2.26. The van der Waals surface area contributed by atoms with Gasteiger partial charge >= 0.3 is 0 Å². The maximum absolute atomic E-state index is 13.8. The summed E-state index contributed by atoms with van der Waals surface area (Å²) in [5, 5.41) is 5.44. The van der Waals surface area contributed by atoms with Crippen molar-refractivity contribution in [3.05, 3.63) is 80.5 Å². The van der Waals surface area contributed by atoms with E-state index in [2.05, 4.69) is 26.6 Å². The van der Waals surface area contributed by atoms with Gasteiger partial charge in [0.25, 0.3) is 0 Å². The Morgan fingerprint density at radius 2 is 1.93 bits per heavy atom. The van der Waals surface area contributed by atoms with Gasteiger partial charge in [-0.25, -0.2) is 8.78 Å². The number of hydrogen-bond acceptors (Lipinski definition) is 3. The van der Waals surface area contributed by atoms with Crippen LogP contribution in [0.15, 0.2) is 57.4 Å². The van der Waals surface area contributed by atoms with Crippen LogP contribution >= 0.6 is 51.3 Å². The number of furan rings is 1. The molecule has 0 saturated carbocycles. The van der Waals surface area contributed by atoms with E-state index in [0.29, 0.717) is 33.2 Å². The lowest BCUT2D eigenvalue weighted by atomic mass is 10.2. The topological polar surface area (TPSA) is 54.3 Å². The lowest BCUT2D eigenvalue weighted by molar-refractivity contribution is -0.115. The van der Waals surface area contributed by atoms with Crippen molar-refractivity contribution in [2.24, 2.45) is 0 Å². The highest BCUT2D eigenvalue weighted by atomic mass is 79.9. The Bertz CT molecular complexity index is 1140. The maximum Gasteiger partial charge on any atom is 0.250 e. The summed E-state index contributed by atoms with van der Waals surface area (Å²) in [6, 6.07) is 10.3. The van der Waals surface area contributed by atoms with Gasteiger partial charge in [0.1, 0.15) is 17.3 Å². The second-order valence-corrected chi connectivity index (χ2v) is 7.87. The highest BCUT2D eigenvalue weighted by Crippen LogP contribution is 2.34. The van der Waals surface area contributed by atoms with Gasteiger partial charge in [-0.15, -0.1) is 0 Å². The van der Waals surface area contributed by atoms with E-state index in [4.69, 9.17) is 39.8 Å². The molecule has 0 atom stereocenters. The van der Waals surface area contributed by atoms with Crippen molar-refractivity contribution in [3.8, 4) is 11.3 Å². The molecule has 2 aromatic carbocycles. The lowest BCUT2D eigenvalue weighted by Gasteiger charge is -2.11. The van der Waals surface area contributed by atoms with E-state index >= 15 is 0 Å². The lowest BCUT2D eigenvalue weighted by Crippen LogP contribution is -2.33. The van der Waals surface area contributed by atoms with Gasteiger partial charge < -0.3 is 9.73 Å². The van der Waals surface area contributed by atoms with Crippen LogP contribution in [0, 0.1) is 11.6 Å². The molecule has 0 unspecified atom stereocenters. The fraction of sp³-hybridized carbons (Fsp3) is 0. The molecule has 1 heterocycles. The number of anilines is 1. The van der Waals surface area contributed by atoms with Crippen molar-refractivity contribution in [1.82, 2.24) is 5.32 Å². The molecule has 1 aromatic heterocycles. The van der Waals surface area contributed by atoms with Crippen LogP contribution in [0.3, 0.4) is 0 Å². The molecule has 0 spiro atoms. The van der Waals surface area contributed by atoms with Crippen LogP contribution in [0.2, 0.25) is 10.0 Å². The van der Waals surface area contributed by atoms with Crippen LogP contribution in [0.1, 0.15) is 5.76 Å². The number of carbonyl (C=O) groups excluding carboxylic acids is 1. The number of carbonyl (C=O) groups is 1. The molecule has 0 aliphatic rings. The largest absolute Gasteiger partial charge is 0.457 e. The Morgan fingerprint density at radius 3 is 2.67 bits per heavy atom. The number of hydrogen-bond donors (Lipinski definition) is 2. The molecule has 10 heteroatoms. The van der Waals surface area contributed by atoms with E-state index in [1.54, 1.807) is 30.3 Å². The van der Waals surface area contributed by atoms with Crippen LogP contribution in [0.25, 0.3) is 17.4 Å². The van der Waals surface area contributed by atoms with E-state index in [1.165, 1.54) is 12.2 Å². The van der Waals surface area contributed by atoms with Crippen molar-refractivity contribution in [2.45, 2.75) is 0 Å². The van der Waals surface area contributed by atoms with Crippen LogP contribution in [0.5, 0.6) is 0 Å². The smallest absolute Gasteiger partial charge is 0.250 e. The first-order valence-electron chi connectivity index (χ1n) is 8.23. The third kappa shape index (κ3) is 5.46. The SMILES string of the molecule is O=C(C=Cc1ccc(-c2cccc(Cl)c2Cl)o1)NC(=S)Nc1c(F)cc(F)cc1Br. The minimum atomic E-state index is -0.864. The molecule has 0 bridgehead atoms. The van der Waals surface area contributed by atoms with E-state index in [-0.39, 0.29) is 15.3 Å². The third-order valence-electron chi connectivity index (χ3n) is 3.72. The van der Waals surface area contributed by atoms with Gasteiger partial charge in [-0.1, -0.05) is 29.3 Å². The molecule has 1 amide bonds. The highest BCUT2D eigenvalue weighted by molar-refractivity contribution is 9.10. The van der Waals surface area contributed by atoms with Crippen molar-refractivity contribution < 1.29 is 18.0 Å². The Kier molecular flexibility index (Phi) is 7.25. The molecule has 3 aromatic rings. The summed E-state index contributed by atoms with van der Waals surface area (Å²) >= 11 is 20.2. The van der Waals surface area contributed by atoms with E-state index in [0.717, 1.165) is 6.07 Å². The fourth-order valence-corrected chi connectivity index (χ4v) is 3.50. The van der Waals surface area contributed by atoms with Gasteiger partial charge in [0.2, 0.25) is 5.91 Å². The summed E-state index contributed by atoms with van der Waals surface area (Å²) in [6.07, 6.45) is 2.61. The second-order valence-electron chi connectivity index (χ2n) is 5.82. The van der Waals surface area contributed by atoms with E-state index < -0.39 is 17.5 Å². The highest BCUT2D eigenvalue weighted by Gasteiger charge is 2.13. The monoisotopic (exact) mass is 530 g/mol. The van der Waals surface area contributed by atoms with E-state index in [9.17, 15) is 13.6 Å². The number of rotatable bonds is 4. The molecule has 2 N–H and O–H groups in total. The van der Waals surface area contributed by atoms with Crippen molar-refractivity contribution in [1.29, 1.82) is 0 Å². The van der Waals surface area contributed by atoms with Crippen molar-refractivity contribution in [2.75, 3.05) is 5.32 Å². The number of halogens is 5. The summed E-state index contributed by atoms with van der Waals surface area (Å²) in [7, 11) is 0. The number of thiocarbonyl (C=S) groups is 1. The van der Waals surface area contributed by atoms with Crippen molar-refractivity contribution >= 4 is 74.1 Å². The average Bonchev–Trinajstić information content (AvgIpc) is 3.14. The third-order valence-corrected chi connectivity index (χ3v) is 5.37. The number of benzene rings is 2. The van der Waals surface area contributed by atoms with Gasteiger partial charge in [0.05, 0.1) is 15.7 Å². The zero-order chi connectivity index (χ0) is 21.8. The van der Waals surface area contributed by atoms with Crippen molar-refractivity contribution in [3.63, 3.8) is 0 Å². The molecule has 4 nitrogen and oxygen atoms in total. The first-order chi connectivity index (χ1) is 14.2. The fourth-order valence-electron chi connectivity index (χ4n) is 2.40. The molecule has 30 heavy (non-hydrogen) atoms. The van der Waals surface area contributed by atoms with Crippen LogP contribution in [-0.4, -0.2) is 11.0 Å². The summed E-state index contributed by atoms with van der Waals surface area (Å²) in [5.74, 6) is -1.32. The van der Waals surface area contributed by atoms with Gasteiger partial charge in [0, 0.05) is 22.2 Å². The average molecular weight is 532 g/mol. The zero-order valence-electron chi connectivity index (χ0n) is 14.8. The van der Waals surface area contributed by atoms with Crippen LogP contribution < -0.4 is 10.6 Å². The summed E-state index contributed by atoms with van der Waals surface area (Å²) in [4.78, 5) is 12.0. The molecular formula is C20H11BrCl2F2N2O2S. The summed E-state index contributed by atoms with van der Waals surface area (Å²) < 4.78 is 32.7. The summed E-state index contributed by atoms with van der Waals surface area (Å²) in [6.45, 7) is 0. The Labute approximate surface area is 194 Å². The minimum Gasteiger partial charge on any atom is -0.457 e. The van der Waals surface area contributed by atoms with Gasteiger partial charge in [-0.05, 0) is 64.6 Å². The molecule has 0 saturated heterocycles. The molecular weight excluding hydrogens is 521 g/mol. The number of amides is 1. The molecule has 0 aliphatic carbocycles. The van der Waals surface area contributed by atoms with Crippen LogP contribution in [-0.2, 0) is 4.79 Å². The minimum absolute atomic E-state index is 0.0974. The quantitative estimate of drug-likeness (QED) is 0.286. The van der Waals surface area contributed by atoms with Crippen LogP contribution in [0.4, 0.5) is 14.5 Å². The molecule has 0 aliphatic heterocycles. The standard InChI is InChI=1S/C20H11BrCl2F2N2O2S/c21-13-8-10(24)9-15(25)19(13)27-20(30)26-17(28)7-5-11-4-6-16(29-11)12-2-1-3-14(22)18(12)23/h1-9H,(H2,26,27,28,30). The molecule has 3 rings (SSSR count). The first-order valence-corrected chi connectivity index (χ1v) is 10.2. The molecule has 0 radical (unpaired) electrons. The maximum atomic E-state index is 13.8. The normalized spacial score (nSPS) is 11.0. The first kappa shape index (κ1) is 22.4. The second kappa shape index (κ2) is 9.70. The van der Waals surface area contributed by atoms with Gasteiger partial charge in [-0.2, -0.15) is 0 Å². The number of nitrogens with one attached hydrogen (secondary N) is 2. The summed E-state index contributed by atoms with van der Waals surface area (Å²) in [5.41, 5.74) is 0.519. The molecule has 0 fully saturated rings. The predicted octanol–water partition coefficient (Wildman–Crippen LogP) is 6.82. The predicted molar refractivity (Wildman–Crippen MR) is 122 cm³/mol. The van der Waals surface area contributed by atoms with Gasteiger partial charge in [0.15, 0.2) is 10.9 Å².